The van der Waals surface area contributed by atoms with E-state index in [0.29, 0.717) is 18.9 Å². The van der Waals surface area contributed by atoms with Crippen molar-refractivity contribution in [2.75, 3.05) is 13.2 Å². The van der Waals surface area contributed by atoms with E-state index in [-0.39, 0.29) is 0 Å². The monoisotopic (exact) mass is 370 g/mol. The molecule has 0 bridgehead atoms. The molecule has 1 heterocycles. The van der Waals surface area contributed by atoms with Gasteiger partial charge >= 0.3 is 6.18 Å². The van der Waals surface area contributed by atoms with Crippen molar-refractivity contribution in [2.24, 2.45) is 5.73 Å². The maximum absolute atomic E-state index is 11.7. The number of nitrogens with zero attached hydrogens (tertiary/aromatic N) is 1. The first kappa shape index (κ1) is 21.8. The minimum atomic E-state index is -4.27. The lowest BCUT2D eigenvalue weighted by Crippen LogP contribution is -2.08. The average molecular weight is 370 g/mol. The van der Waals surface area contributed by atoms with Crippen molar-refractivity contribution in [2.45, 2.75) is 39.3 Å². The van der Waals surface area contributed by atoms with E-state index in [1.807, 2.05) is 0 Å². The van der Waals surface area contributed by atoms with Crippen LogP contribution in [0.15, 0.2) is 36.7 Å². The zero-order valence-corrected chi connectivity index (χ0v) is 15.0. The lowest BCUT2D eigenvalue weighted by molar-refractivity contribution is -0.137. The molecule has 0 aliphatic carbocycles. The first-order valence-electron chi connectivity index (χ1n) is 8.48. The van der Waals surface area contributed by atoms with Crippen molar-refractivity contribution in [3.05, 3.63) is 53.3 Å². The number of benzene rings is 1. The molecule has 0 amide bonds. The molecule has 144 valence electrons. The summed E-state index contributed by atoms with van der Waals surface area (Å²) in [7, 11) is 0. The Bertz CT molecular complexity index is 637. The molecular formula is C19H25F3N2O2. The summed E-state index contributed by atoms with van der Waals surface area (Å²) in [5.74, 6) is 1.25. The maximum Gasteiger partial charge on any atom is 0.417 e. The van der Waals surface area contributed by atoms with Gasteiger partial charge in [-0.25, -0.2) is 0 Å². The fourth-order valence-electron chi connectivity index (χ4n) is 2.23. The summed E-state index contributed by atoms with van der Waals surface area (Å²) in [5.41, 5.74) is 6.85. The molecule has 1 aromatic carbocycles. The van der Waals surface area contributed by atoms with Gasteiger partial charge in [-0.15, -0.1) is 0 Å². The first-order chi connectivity index (χ1) is 12.3. The van der Waals surface area contributed by atoms with Crippen LogP contribution in [0.2, 0.25) is 0 Å². The number of rotatable bonds is 6. The third-order valence-corrected chi connectivity index (χ3v) is 3.57. The number of ether oxygens (including phenoxy) is 1. The fraction of sp³-hybridized carbons (Fsp3) is 0.421. The van der Waals surface area contributed by atoms with E-state index in [4.69, 9.17) is 10.5 Å². The number of aromatic hydroxyl groups is 1. The second-order valence-electron chi connectivity index (χ2n) is 5.53. The molecule has 0 radical (unpaired) electrons. The molecule has 3 N–H and O–H groups in total. The van der Waals surface area contributed by atoms with Gasteiger partial charge in [-0.05, 0) is 61.2 Å². The molecule has 0 unspecified atom stereocenters. The summed E-state index contributed by atoms with van der Waals surface area (Å²) >= 11 is 0. The van der Waals surface area contributed by atoms with Gasteiger partial charge in [-0.3, -0.25) is 4.98 Å². The first-order valence-corrected chi connectivity index (χ1v) is 8.48. The van der Waals surface area contributed by atoms with Crippen LogP contribution in [0.3, 0.4) is 0 Å². The van der Waals surface area contributed by atoms with Gasteiger partial charge in [0.25, 0.3) is 0 Å². The molecule has 0 saturated heterocycles. The van der Waals surface area contributed by atoms with Gasteiger partial charge in [-0.2, -0.15) is 13.2 Å². The van der Waals surface area contributed by atoms with E-state index in [1.54, 1.807) is 12.1 Å². The van der Waals surface area contributed by atoms with Crippen molar-refractivity contribution >= 4 is 0 Å². The molecule has 0 atom stereocenters. The summed E-state index contributed by atoms with van der Waals surface area (Å²) < 4.78 is 41.0. The highest BCUT2D eigenvalue weighted by Gasteiger charge is 2.30. The van der Waals surface area contributed by atoms with Crippen LogP contribution in [0.25, 0.3) is 0 Å². The molecule has 0 saturated carbocycles. The van der Waals surface area contributed by atoms with Crippen LogP contribution in [-0.2, 0) is 19.0 Å². The Labute approximate surface area is 151 Å². The predicted molar refractivity (Wildman–Crippen MR) is 95.3 cm³/mol. The van der Waals surface area contributed by atoms with E-state index in [1.165, 1.54) is 12.3 Å². The van der Waals surface area contributed by atoms with Gasteiger partial charge in [0.2, 0.25) is 0 Å². The summed E-state index contributed by atoms with van der Waals surface area (Å²) in [5, 5.41) is 9.58. The predicted octanol–water partition coefficient (Wildman–Crippen LogP) is 4.35. The summed E-state index contributed by atoms with van der Waals surface area (Å²) in [4.78, 5) is 3.33. The zero-order valence-electron chi connectivity index (χ0n) is 15.0. The van der Waals surface area contributed by atoms with Gasteiger partial charge < -0.3 is 15.6 Å². The quantitative estimate of drug-likeness (QED) is 0.742. The minimum absolute atomic E-state index is 0.319. The van der Waals surface area contributed by atoms with Gasteiger partial charge in [0, 0.05) is 12.4 Å². The number of phenols is 1. The normalized spacial score (nSPS) is 10.8. The third kappa shape index (κ3) is 6.92. The fourth-order valence-corrected chi connectivity index (χ4v) is 2.23. The Morgan fingerprint density at radius 1 is 1.15 bits per heavy atom. The van der Waals surface area contributed by atoms with Crippen molar-refractivity contribution < 1.29 is 23.0 Å². The third-order valence-electron chi connectivity index (χ3n) is 3.57. The van der Waals surface area contributed by atoms with Crippen LogP contribution in [0.5, 0.6) is 11.5 Å². The second kappa shape index (κ2) is 10.7. The second-order valence-corrected chi connectivity index (χ2v) is 5.53. The molecular weight excluding hydrogens is 345 g/mol. The van der Waals surface area contributed by atoms with Crippen molar-refractivity contribution in [3.8, 4) is 11.5 Å². The largest absolute Gasteiger partial charge is 0.508 e. The summed E-state index contributed by atoms with van der Waals surface area (Å²) in [6.07, 6.45) is 0.398. The molecule has 26 heavy (non-hydrogen) atoms. The molecule has 7 heteroatoms. The van der Waals surface area contributed by atoms with E-state index < -0.39 is 11.7 Å². The SMILES string of the molecule is CCc1cc(O)cc(CC)c1OCCCN.FC(F)(F)c1cccnc1. The molecule has 0 fully saturated rings. The van der Waals surface area contributed by atoms with Gasteiger partial charge in [0.05, 0.1) is 12.2 Å². The topological polar surface area (TPSA) is 68.4 Å². The lowest BCUT2D eigenvalue weighted by Gasteiger charge is -2.15. The highest BCUT2D eigenvalue weighted by Crippen LogP contribution is 2.30. The van der Waals surface area contributed by atoms with Crippen LogP contribution in [0, 0.1) is 0 Å². The van der Waals surface area contributed by atoms with Crippen LogP contribution < -0.4 is 10.5 Å². The molecule has 2 aromatic rings. The highest BCUT2D eigenvalue weighted by molar-refractivity contribution is 5.47. The molecule has 1 aromatic heterocycles. The van der Waals surface area contributed by atoms with Gasteiger partial charge in [-0.1, -0.05) is 13.8 Å². The number of hydrogen-bond donors (Lipinski definition) is 2. The van der Waals surface area contributed by atoms with Gasteiger partial charge in [0.15, 0.2) is 0 Å². The minimum Gasteiger partial charge on any atom is -0.508 e. The molecule has 2 rings (SSSR count). The number of hydrogen-bond acceptors (Lipinski definition) is 4. The number of alkyl halides is 3. The zero-order chi connectivity index (χ0) is 19.6. The Balaban J connectivity index is 0.000000289. The number of aromatic nitrogens is 1. The van der Waals surface area contributed by atoms with E-state index in [0.717, 1.165) is 48.4 Å². The Morgan fingerprint density at radius 3 is 2.15 bits per heavy atom. The van der Waals surface area contributed by atoms with E-state index in [2.05, 4.69) is 18.8 Å². The summed E-state index contributed by atoms with van der Waals surface area (Å²) in [6, 6.07) is 5.78. The smallest absolute Gasteiger partial charge is 0.417 e. The molecule has 4 nitrogen and oxygen atoms in total. The molecule has 0 spiro atoms. The van der Waals surface area contributed by atoms with E-state index >= 15 is 0 Å². The average Bonchev–Trinajstić information content (AvgIpc) is 2.63. The molecule has 0 aliphatic rings. The Morgan fingerprint density at radius 2 is 1.77 bits per heavy atom. The Kier molecular flexibility index (Phi) is 8.92. The highest BCUT2D eigenvalue weighted by atomic mass is 19.4. The Hall–Kier alpha value is -2.28. The standard InChI is InChI=1S/C13H21NO2.C6H4F3N/c1-3-10-8-12(15)9-11(4-2)13(10)16-7-5-6-14;7-6(8,9)5-2-1-3-10-4-5/h8-9,15H,3-7,14H2,1-2H3;1-4H. The van der Waals surface area contributed by atoms with Gasteiger partial charge in [0.1, 0.15) is 11.5 Å². The van der Waals surface area contributed by atoms with Crippen molar-refractivity contribution in [1.82, 2.24) is 4.98 Å². The van der Waals surface area contributed by atoms with Crippen molar-refractivity contribution in [3.63, 3.8) is 0 Å². The maximum atomic E-state index is 11.7. The summed E-state index contributed by atoms with van der Waals surface area (Å²) in [6.45, 7) is 5.40. The number of halogens is 3. The van der Waals surface area contributed by atoms with Crippen LogP contribution in [0.1, 0.15) is 37.0 Å². The van der Waals surface area contributed by atoms with Crippen LogP contribution in [0.4, 0.5) is 13.2 Å². The van der Waals surface area contributed by atoms with Crippen LogP contribution in [-0.4, -0.2) is 23.2 Å². The molecule has 0 aliphatic heterocycles. The number of nitrogens with two attached hydrogens (primary N) is 1. The van der Waals surface area contributed by atoms with Crippen molar-refractivity contribution in [1.29, 1.82) is 0 Å². The number of aryl methyl sites for hydroxylation is 2. The lowest BCUT2D eigenvalue weighted by atomic mass is 10.0. The van der Waals surface area contributed by atoms with Crippen LogP contribution >= 0.6 is 0 Å². The number of pyridine rings is 1. The number of phenolic OH excluding ortho intramolecular Hbond substituents is 1. The van der Waals surface area contributed by atoms with E-state index in [9.17, 15) is 18.3 Å².